The highest BCUT2D eigenvalue weighted by atomic mass is 35.5. The van der Waals surface area contributed by atoms with E-state index in [1.165, 1.54) is 46.3 Å². The number of rotatable bonds is 10. The van der Waals surface area contributed by atoms with Crippen LogP contribution in [-0.2, 0) is 54.8 Å². The lowest BCUT2D eigenvalue weighted by molar-refractivity contribution is -0.147. The summed E-state index contributed by atoms with van der Waals surface area (Å²) in [6, 6.07) is 6.23. The minimum absolute atomic E-state index is 0.168. The van der Waals surface area contributed by atoms with Crippen LogP contribution in [0.2, 0.25) is 20.1 Å². The van der Waals surface area contributed by atoms with Crippen molar-refractivity contribution in [3.63, 3.8) is 0 Å². The lowest BCUT2D eigenvalue weighted by Gasteiger charge is -2.24. The molecule has 4 heterocycles. The number of halogens is 4. The third-order valence-corrected chi connectivity index (χ3v) is 9.96. The fourth-order valence-corrected chi connectivity index (χ4v) is 7.15. The highest BCUT2D eigenvalue weighted by Crippen LogP contribution is 2.36. The number of hydrogen-bond acceptors (Lipinski definition) is 12. The molecule has 2 aliphatic rings. The molecule has 18 heteroatoms. The zero-order valence-electron chi connectivity index (χ0n) is 29.0. The molecule has 0 fully saturated rings. The van der Waals surface area contributed by atoms with E-state index in [0.717, 1.165) is 12.2 Å². The van der Waals surface area contributed by atoms with Crippen LogP contribution in [0, 0.1) is 0 Å². The molecule has 0 saturated heterocycles. The van der Waals surface area contributed by atoms with Gasteiger partial charge in [-0.15, -0.1) is 0 Å². The van der Waals surface area contributed by atoms with Crippen LogP contribution in [0.1, 0.15) is 55.2 Å². The maximum absolute atomic E-state index is 13.3. The minimum atomic E-state index is -0.947. The maximum Gasteiger partial charge on any atom is 0.340 e. The van der Waals surface area contributed by atoms with E-state index in [2.05, 4.69) is 10.2 Å². The zero-order chi connectivity index (χ0) is 38.5. The topological polar surface area (TPSA) is 147 Å². The lowest BCUT2D eigenvalue weighted by atomic mass is 9.95. The van der Waals surface area contributed by atoms with Crippen LogP contribution in [-0.4, -0.2) is 93.5 Å². The summed E-state index contributed by atoms with van der Waals surface area (Å²) in [5.74, 6) is -3.09. The first kappa shape index (κ1) is 39.3. The number of carbonyl (C=O) groups is 4. The van der Waals surface area contributed by atoms with E-state index in [9.17, 15) is 19.2 Å². The molecule has 4 aromatic rings. The van der Waals surface area contributed by atoms with Crippen molar-refractivity contribution in [1.29, 1.82) is 0 Å². The molecule has 2 unspecified atom stereocenters. The second-order valence-electron chi connectivity index (χ2n) is 12.7. The predicted molar refractivity (Wildman–Crippen MR) is 197 cm³/mol. The number of hydrogen-bond donors (Lipinski definition) is 0. The van der Waals surface area contributed by atoms with E-state index in [-0.39, 0.29) is 37.7 Å². The Hall–Kier alpha value is -4.44. The molecule has 0 bridgehead atoms. The molecular weight excluding hydrogens is 786 g/mol. The molecule has 6 rings (SSSR count). The molecule has 0 radical (unpaired) electrons. The van der Waals surface area contributed by atoms with E-state index in [0.29, 0.717) is 68.3 Å². The monoisotopic (exact) mass is 818 g/mol. The van der Waals surface area contributed by atoms with Crippen LogP contribution in [0.3, 0.4) is 0 Å². The number of ether oxygens (including phenoxy) is 4. The molecule has 14 nitrogen and oxygen atoms in total. The van der Waals surface area contributed by atoms with Gasteiger partial charge in [0.25, 0.3) is 0 Å². The first-order valence-corrected chi connectivity index (χ1v) is 18.2. The Labute approximate surface area is 330 Å². The fourth-order valence-electron chi connectivity index (χ4n) is 6.32. The van der Waals surface area contributed by atoms with Gasteiger partial charge in [-0.3, -0.25) is 0 Å². The largest absolute Gasteiger partial charge is 0.453 e. The Kier molecular flexibility index (Phi) is 12.6. The lowest BCUT2D eigenvalue weighted by Crippen LogP contribution is -2.27. The summed E-state index contributed by atoms with van der Waals surface area (Å²) in [6.45, 7) is 1.20. The summed E-state index contributed by atoms with van der Waals surface area (Å²) in [7, 11) is 3.69. The summed E-state index contributed by atoms with van der Waals surface area (Å²) >= 11 is 25.0. The Morgan fingerprint density at radius 3 is 1.46 bits per heavy atom. The van der Waals surface area contributed by atoms with Crippen LogP contribution in [0.4, 0.5) is 0 Å². The van der Waals surface area contributed by atoms with Crippen LogP contribution < -0.4 is 0 Å². The standard InChI is InChI=1S/C36H34Cl4N6O8/c1-43-11-9-23-27(39)5-3-25(35(49)51-19-45-15-21(37)13-41-45)33(23)29(17-43)53-31(47)7-8-32(48)54-30-18-44(2)12-10-24-28(40)6-4-26(34(24)30)36(50)52-20-46-16-22(38)14-42-46/h3-8,13-16,29-30H,9-12,17-20H2,1-2H3/b8-7-. The Morgan fingerprint density at radius 1 is 0.685 bits per heavy atom. The van der Waals surface area contributed by atoms with E-state index >= 15 is 0 Å². The Morgan fingerprint density at radius 2 is 1.09 bits per heavy atom. The van der Waals surface area contributed by atoms with E-state index in [1.807, 2.05) is 23.9 Å². The second-order valence-corrected chi connectivity index (χ2v) is 14.4. The normalized spacial score (nSPS) is 17.6. The summed E-state index contributed by atoms with van der Waals surface area (Å²) in [5.41, 5.74) is 2.42. The van der Waals surface area contributed by atoms with Crippen LogP contribution in [0.15, 0.2) is 61.2 Å². The van der Waals surface area contributed by atoms with Gasteiger partial charge < -0.3 is 28.7 Å². The van der Waals surface area contributed by atoms with Gasteiger partial charge >= 0.3 is 23.9 Å². The number of likely N-dealkylation sites (N-methyl/N-ethyl adjacent to an activating group) is 2. The van der Waals surface area contributed by atoms with Gasteiger partial charge in [0.1, 0.15) is 12.2 Å². The quantitative estimate of drug-likeness (QED) is 0.110. The van der Waals surface area contributed by atoms with Crippen LogP contribution in [0.25, 0.3) is 0 Å². The molecular formula is C36H34Cl4N6O8. The highest BCUT2D eigenvalue weighted by Gasteiger charge is 2.33. The third kappa shape index (κ3) is 9.43. The minimum Gasteiger partial charge on any atom is -0.453 e. The molecule has 2 aliphatic heterocycles. The van der Waals surface area contributed by atoms with Crippen molar-refractivity contribution < 1.29 is 38.1 Å². The SMILES string of the molecule is CN1CCc2c(Cl)ccc(C(=O)OCn3cc(Cl)cn3)c2C(OC(=O)/C=C\C(=O)OC2CN(C)CCc3c(Cl)ccc(C(=O)OCn4cc(Cl)cn4)c32)C1. The van der Waals surface area contributed by atoms with Crippen molar-refractivity contribution in [2.75, 3.05) is 40.3 Å². The van der Waals surface area contributed by atoms with Gasteiger partial charge in [-0.1, -0.05) is 46.4 Å². The highest BCUT2D eigenvalue weighted by molar-refractivity contribution is 6.32. The van der Waals surface area contributed by atoms with Gasteiger partial charge in [-0.05, 0) is 62.3 Å². The predicted octanol–water partition coefficient (Wildman–Crippen LogP) is 5.72. The molecule has 0 spiro atoms. The van der Waals surface area contributed by atoms with E-state index in [4.69, 9.17) is 65.4 Å². The van der Waals surface area contributed by atoms with Crippen LogP contribution in [0.5, 0.6) is 0 Å². The van der Waals surface area contributed by atoms with Gasteiger partial charge in [0, 0.05) is 71.9 Å². The summed E-state index contributed by atoms with van der Waals surface area (Å²) < 4.78 is 25.4. The van der Waals surface area contributed by atoms with Gasteiger partial charge in [-0.25, -0.2) is 28.5 Å². The van der Waals surface area contributed by atoms with E-state index < -0.39 is 36.1 Å². The average Bonchev–Trinajstić information content (AvgIpc) is 3.67. The summed E-state index contributed by atoms with van der Waals surface area (Å²) in [4.78, 5) is 57.1. The van der Waals surface area contributed by atoms with Crippen LogP contribution >= 0.6 is 46.4 Å². The number of nitrogens with zero attached hydrogens (tertiary/aromatic N) is 6. The van der Waals surface area contributed by atoms with Crippen molar-refractivity contribution >= 4 is 70.3 Å². The second kappa shape index (κ2) is 17.4. The van der Waals surface area contributed by atoms with Crippen molar-refractivity contribution in [3.8, 4) is 0 Å². The van der Waals surface area contributed by atoms with Crippen molar-refractivity contribution in [2.24, 2.45) is 0 Å². The van der Waals surface area contributed by atoms with Crippen molar-refractivity contribution in [2.45, 2.75) is 38.5 Å². The number of aromatic nitrogens is 4. The molecule has 54 heavy (non-hydrogen) atoms. The number of carbonyl (C=O) groups excluding carboxylic acids is 4. The maximum atomic E-state index is 13.3. The first-order chi connectivity index (χ1) is 25.9. The van der Waals surface area contributed by atoms with Gasteiger partial charge in [0.05, 0.1) is 33.6 Å². The van der Waals surface area contributed by atoms with Gasteiger partial charge in [0.15, 0.2) is 13.5 Å². The molecule has 0 aliphatic carbocycles. The molecule has 2 aromatic heterocycles. The summed E-state index contributed by atoms with van der Waals surface area (Å²) in [5, 5.41) is 9.60. The molecule has 0 saturated carbocycles. The Bertz CT molecular complexity index is 1960. The Balaban J connectivity index is 1.19. The van der Waals surface area contributed by atoms with E-state index in [1.54, 1.807) is 12.1 Å². The van der Waals surface area contributed by atoms with Gasteiger partial charge in [-0.2, -0.15) is 10.2 Å². The molecule has 284 valence electrons. The molecule has 2 aromatic carbocycles. The first-order valence-electron chi connectivity index (χ1n) is 16.6. The molecule has 0 amide bonds. The third-order valence-electron chi connectivity index (χ3n) is 8.86. The average molecular weight is 821 g/mol. The molecule has 0 N–H and O–H groups in total. The zero-order valence-corrected chi connectivity index (χ0v) is 32.1. The summed E-state index contributed by atoms with van der Waals surface area (Å²) in [6.07, 6.45) is 6.79. The number of esters is 4. The molecule has 2 atom stereocenters. The number of benzene rings is 2. The fraction of sp³-hybridized carbons (Fsp3) is 0.333. The van der Waals surface area contributed by atoms with Gasteiger partial charge in [0.2, 0.25) is 0 Å². The van der Waals surface area contributed by atoms with Crippen molar-refractivity contribution in [3.05, 3.63) is 115 Å². The number of fused-ring (bicyclic) bond motifs is 2. The smallest absolute Gasteiger partial charge is 0.340 e. The van der Waals surface area contributed by atoms with Crippen molar-refractivity contribution in [1.82, 2.24) is 29.4 Å².